The van der Waals surface area contributed by atoms with Crippen molar-refractivity contribution in [3.8, 4) is 0 Å². The first-order valence-electron chi connectivity index (χ1n) is 3.54. The normalized spacial score (nSPS) is 13.0. The lowest BCUT2D eigenvalue weighted by molar-refractivity contribution is 0.735. The number of nitrogens with zero attached hydrogens (tertiary/aromatic N) is 1. The van der Waals surface area contributed by atoms with Crippen LogP contribution >= 0.6 is 15.9 Å². The van der Waals surface area contributed by atoms with Crippen LogP contribution in [0.4, 0.5) is 0 Å². The van der Waals surface area contributed by atoms with E-state index in [0.717, 1.165) is 10.9 Å². The van der Waals surface area contributed by atoms with Crippen molar-refractivity contribution in [2.45, 2.75) is 19.4 Å². The van der Waals surface area contributed by atoms with E-state index in [4.69, 9.17) is 5.73 Å². The molecular weight excluding hydrogens is 204 g/mol. The van der Waals surface area contributed by atoms with Gasteiger partial charge in [-0.25, -0.2) is 0 Å². The standard InChI is InChI=1S/C8H11BrN2/c1-6(10)4-7-2-3-11-5-8(7)9/h2-3,5-6H,4,10H2,1H3. The summed E-state index contributed by atoms with van der Waals surface area (Å²) in [4.78, 5) is 3.96. The third-order valence-electron chi connectivity index (χ3n) is 1.40. The molecule has 2 nitrogen and oxygen atoms in total. The molecule has 0 radical (unpaired) electrons. The molecule has 60 valence electrons. The van der Waals surface area contributed by atoms with Crippen molar-refractivity contribution in [3.63, 3.8) is 0 Å². The van der Waals surface area contributed by atoms with Crippen LogP contribution in [-0.2, 0) is 6.42 Å². The Morgan fingerprint density at radius 2 is 2.45 bits per heavy atom. The molecule has 0 bridgehead atoms. The Hall–Kier alpha value is -0.410. The SMILES string of the molecule is CC(N)Cc1ccncc1Br. The topological polar surface area (TPSA) is 38.9 Å². The lowest BCUT2D eigenvalue weighted by Crippen LogP contribution is -2.17. The van der Waals surface area contributed by atoms with Crippen LogP contribution in [0.2, 0.25) is 0 Å². The van der Waals surface area contributed by atoms with Gasteiger partial charge in [0.25, 0.3) is 0 Å². The van der Waals surface area contributed by atoms with Gasteiger partial charge in [0.05, 0.1) is 0 Å². The van der Waals surface area contributed by atoms with Crippen LogP contribution in [0.3, 0.4) is 0 Å². The van der Waals surface area contributed by atoms with Gasteiger partial charge in [0, 0.05) is 22.9 Å². The Bertz CT molecular complexity index is 235. The molecule has 0 saturated heterocycles. The van der Waals surface area contributed by atoms with Crippen molar-refractivity contribution in [1.82, 2.24) is 4.98 Å². The van der Waals surface area contributed by atoms with E-state index < -0.39 is 0 Å². The van der Waals surface area contributed by atoms with Gasteiger partial charge in [-0.2, -0.15) is 0 Å². The van der Waals surface area contributed by atoms with E-state index in [9.17, 15) is 0 Å². The molecule has 1 atom stereocenters. The van der Waals surface area contributed by atoms with Gasteiger partial charge in [0.2, 0.25) is 0 Å². The van der Waals surface area contributed by atoms with Gasteiger partial charge in [0.1, 0.15) is 0 Å². The largest absolute Gasteiger partial charge is 0.328 e. The van der Waals surface area contributed by atoms with Crippen molar-refractivity contribution in [3.05, 3.63) is 28.5 Å². The van der Waals surface area contributed by atoms with E-state index in [-0.39, 0.29) is 6.04 Å². The first kappa shape index (κ1) is 8.68. The number of halogens is 1. The van der Waals surface area contributed by atoms with Crippen molar-refractivity contribution < 1.29 is 0 Å². The Balaban J connectivity index is 2.78. The molecule has 0 aliphatic carbocycles. The number of hydrogen-bond donors (Lipinski definition) is 1. The number of aromatic nitrogens is 1. The molecule has 0 fully saturated rings. The van der Waals surface area contributed by atoms with Gasteiger partial charge < -0.3 is 5.73 Å². The van der Waals surface area contributed by atoms with E-state index in [2.05, 4.69) is 20.9 Å². The highest BCUT2D eigenvalue weighted by Crippen LogP contribution is 2.15. The number of rotatable bonds is 2. The average molecular weight is 215 g/mol. The van der Waals surface area contributed by atoms with E-state index >= 15 is 0 Å². The maximum Gasteiger partial charge on any atom is 0.0412 e. The Morgan fingerprint density at radius 1 is 1.73 bits per heavy atom. The first-order valence-corrected chi connectivity index (χ1v) is 4.33. The highest BCUT2D eigenvalue weighted by Gasteiger charge is 2.00. The monoisotopic (exact) mass is 214 g/mol. The maximum absolute atomic E-state index is 5.65. The van der Waals surface area contributed by atoms with Gasteiger partial charge >= 0.3 is 0 Å². The van der Waals surface area contributed by atoms with Gasteiger partial charge in [-0.3, -0.25) is 4.98 Å². The zero-order chi connectivity index (χ0) is 8.27. The van der Waals surface area contributed by atoms with Crippen LogP contribution in [0.15, 0.2) is 22.9 Å². The quantitative estimate of drug-likeness (QED) is 0.815. The molecule has 0 aromatic carbocycles. The third-order valence-corrected chi connectivity index (χ3v) is 2.11. The summed E-state index contributed by atoms with van der Waals surface area (Å²) >= 11 is 3.41. The second-order valence-electron chi connectivity index (χ2n) is 2.65. The minimum atomic E-state index is 0.202. The first-order chi connectivity index (χ1) is 5.20. The summed E-state index contributed by atoms with van der Waals surface area (Å²) in [6.45, 7) is 1.99. The van der Waals surface area contributed by atoms with Gasteiger partial charge in [-0.1, -0.05) is 0 Å². The third kappa shape index (κ3) is 2.60. The highest BCUT2D eigenvalue weighted by atomic mass is 79.9. The predicted molar refractivity (Wildman–Crippen MR) is 49.3 cm³/mol. The molecule has 1 aromatic heterocycles. The summed E-state index contributed by atoms with van der Waals surface area (Å²) in [7, 11) is 0. The number of nitrogens with two attached hydrogens (primary N) is 1. The fourth-order valence-corrected chi connectivity index (χ4v) is 1.33. The minimum absolute atomic E-state index is 0.202. The molecule has 3 heteroatoms. The lowest BCUT2D eigenvalue weighted by Gasteiger charge is -2.05. The van der Waals surface area contributed by atoms with Crippen LogP contribution in [0.25, 0.3) is 0 Å². The fourth-order valence-electron chi connectivity index (χ4n) is 0.916. The maximum atomic E-state index is 5.65. The molecule has 0 amide bonds. The van der Waals surface area contributed by atoms with Crippen LogP contribution in [0.1, 0.15) is 12.5 Å². The van der Waals surface area contributed by atoms with Gasteiger partial charge in [0.15, 0.2) is 0 Å². The van der Waals surface area contributed by atoms with Crippen molar-refractivity contribution in [1.29, 1.82) is 0 Å². The van der Waals surface area contributed by atoms with Gasteiger partial charge in [-0.15, -0.1) is 0 Å². The molecule has 0 aliphatic heterocycles. The summed E-state index contributed by atoms with van der Waals surface area (Å²) in [6, 6.07) is 2.18. The summed E-state index contributed by atoms with van der Waals surface area (Å²) in [5.74, 6) is 0. The second-order valence-corrected chi connectivity index (χ2v) is 3.50. The highest BCUT2D eigenvalue weighted by molar-refractivity contribution is 9.10. The zero-order valence-corrected chi connectivity index (χ0v) is 8.01. The van der Waals surface area contributed by atoms with E-state index in [1.807, 2.05) is 13.0 Å². The fraction of sp³-hybridized carbons (Fsp3) is 0.375. The number of pyridine rings is 1. The van der Waals surface area contributed by atoms with Crippen LogP contribution in [0.5, 0.6) is 0 Å². The van der Waals surface area contributed by atoms with E-state index in [1.54, 1.807) is 12.4 Å². The summed E-state index contributed by atoms with van der Waals surface area (Å²) in [5.41, 5.74) is 6.87. The van der Waals surface area contributed by atoms with E-state index in [1.165, 1.54) is 5.56 Å². The zero-order valence-electron chi connectivity index (χ0n) is 6.42. The lowest BCUT2D eigenvalue weighted by atomic mass is 10.1. The molecule has 1 rings (SSSR count). The molecule has 2 N–H and O–H groups in total. The van der Waals surface area contributed by atoms with Crippen LogP contribution < -0.4 is 5.73 Å². The molecule has 0 aliphatic rings. The van der Waals surface area contributed by atoms with Crippen molar-refractivity contribution in [2.75, 3.05) is 0 Å². The van der Waals surface area contributed by atoms with Gasteiger partial charge in [-0.05, 0) is 40.9 Å². The number of hydrogen-bond acceptors (Lipinski definition) is 2. The van der Waals surface area contributed by atoms with Crippen molar-refractivity contribution >= 4 is 15.9 Å². The molecule has 1 heterocycles. The molecule has 0 saturated carbocycles. The molecule has 0 spiro atoms. The van der Waals surface area contributed by atoms with E-state index in [0.29, 0.717) is 0 Å². The smallest absolute Gasteiger partial charge is 0.0412 e. The summed E-state index contributed by atoms with van der Waals surface area (Å²) in [6.07, 6.45) is 4.46. The molecule has 11 heavy (non-hydrogen) atoms. The Labute approximate surface area is 75.0 Å². The minimum Gasteiger partial charge on any atom is -0.328 e. The molecule has 1 unspecified atom stereocenters. The Kier molecular flexibility index (Phi) is 3.02. The second kappa shape index (κ2) is 3.83. The molecule has 1 aromatic rings. The predicted octanol–water partition coefficient (Wildman–Crippen LogP) is 1.73. The average Bonchev–Trinajstić information content (AvgIpc) is 1.93. The molecular formula is C8H11BrN2. The summed E-state index contributed by atoms with van der Waals surface area (Å²) < 4.78 is 1.04. The Morgan fingerprint density at radius 3 is 3.00 bits per heavy atom. The van der Waals surface area contributed by atoms with Crippen molar-refractivity contribution in [2.24, 2.45) is 5.73 Å². The van der Waals surface area contributed by atoms with Crippen LogP contribution in [-0.4, -0.2) is 11.0 Å². The van der Waals surface area contributed by atoms with Crippen LogP contribution in [0, 0.1) is 0 Å². The summed E-state index contributed by atoms with van der Waals surface area (Å²) in [5, 5.41) is 0.